The van der Waals surface area contributed by atoms with E-state index in [1.54, 1.807) is 0 Å². The molecule has 0 N–H and O–H groups in total. The van der Waals surface area contributed by atoms with Gasteiger partial charge in [0.2, 0.25) is 0 Å². The summed E-state index contributed by atoms with van der Waals surface area (Å²) in [7, 11) is 0. The molecule has 0 bridgehead atoms. The topological polar surface area (TPSA) is 18.5 Å². The first kappa shape index (κ1) is 8.85. The van der Waals surface area contributed by atoms with Gasteiger partial charge in [-0.3, -0.25) is 0 Å². The molecule has 0 spiro atoms. The molecule has 0 aliphatic carbocycles. The zero-order chi connectivity index (χ0) is 8.60. The third-order valence-corrected chi connectivity index (χ3v) is 3.67. The molecule has 2 aliphatic rings. The highest BCUT2D eigenvalue weighted by atomic mass is 32.2. The van der Waals surface area contributed by atoms with Gasteiger partial charge in [0.05, 0.1) is 12.7 Å². The molecule has 0 saturated carbocycles. The van der Waals surface area contributed by atoms with Crippen LogP contribution in [-0.2, 0) is 9.47 Å². The molecule has 3 heteroatoms. The zero-order valence-electron chi connectivity index (χ0n) is 7.71. The third kappa shape index (κ3) is 1.78. The molecular formula is C9H16O2S. The van der Waals surface area contributed by atoms with Crippen molar-refractivity contribution in [3.8, 4) is 0 Å². The molecule has 2 atom stereocenters. The van der Waals surface area contributed by atoms with Crippen LogP contribution in [-0.4, -0.2) is 30.0 Å². The van der Waals surface area contributed by atoms with E-state index >= 15 is 0 Å². The molecule has 0 aromatic carbocycles. The Kier molecular flexibility index (Phi) is 2.36. The predicted molar refractivity (Wildman–Crippen MR) is 50.3 cm³/mol. The maximum atomic E-state index is 5.84. The van der Waals surface area contributed by atoms with E-state index in [-0.39, 0.29) is 5.79 Å². The molecule has 0 unspecified atom stereocenters. The Bertz CT molecular complexity index is 170. The van der Waals surface area contributed by atoms with Gasteiger partial charge in [0.25, 0.3) is 0 Å². The molecule has 2 heterocycles. The van der Waals surface area contributed by atoms with Crippen LogP contribution < -0.4 is 0 Å². The van der Waals surface area contributed by atoms with E-state index < -0.39 is 0 Å². The first-order valence-corrected chi connectivity index (χ1v) is 5.72. The average Bonchev–Trinajstić information content (AvgIpc) is 2.02. The predicted octanol–water partition coefficient (Wildman–Crippen LogP) is 1.89. The minimum Gasteiger partial charge on any atom is -0.350 e. The Labute approximate surface area is 78.0 Å². The van der Waals surface area contributed by atoms with Crippen LogP contribution in [0.4, 0.5) is 0 Å². The summed E-state index contributed by atoms with van der Waals surface area (Å²) < 4.78 is 11.4. The van der Waals surface area contributed by atoms with Gasteiger partial charge in [0, 0.05) is 11.7 Å². The molecule has 2 saturated heterocycles. The molecule has 0 amide bonds. The fourth-order valence-corrected chi connectivity index (χ4v) is 2.97. The molecule has 2 nitrogen and oxygen atoms in total. The maximum Gasteiger partial charge on any atom is 0.163 e. The number of fused-ring (bicyclic) bond motifs is 1. The number of ether oxygens (including phenoxy) is 2. The second-order valence-electron chi connectivity index (χ2n) is 3.99. The third-order valence-electron chi connectivity index (χ3n) is 2.48. The number of hydrogen-bond acceptors (Lipinski definition) is 3. The number of rotatable bonds is 0. The van der Waals surface area contributed by atoms with E-state index in [9.17, 15) is 0 Å². The fraction of sp³-hybridized carbons (Fsp3) is 1.00. The normalized spacial score (nSPS) is 40.5. The number of thioether (sulfide) groups is 1. The lowest BCUT2D eigenvalue weighted by Crippen LogP contribution is -2.48. The molecule has 2 aliphatic heterocycles. The molecule has 2 rings (SSSR count). The van der Waals surface area contributed by atoms with E-state index in [4.69, 9.17) is 9.47 Å². The van der Waals surface area contributed by atoms with Crippen molar-refractivity contribution in [2.45, 2.75) is 32.2 Å². The lowest BCUT2D eigenvalue weighted by atomic mass is 10.0. The van der Waals surface area contributed by atoms with Crippen molar-refractivity contribution in [1.29, 1.82) is 0 Å². The van der Waals surface area contributed by atoms with Crippen molar-refractivity contribution >= 4 is 11.8 Å². The van der Waals surface area contributed by atoms with Crippen LogP contribution in [0.25, 0.3) is 0 Å². The Balaban J connectivity index is 1.99. The van der Waals surface area contributed by atoms with Gasteiger partial charge < -0.3 is 9.47 Å². The van der Waals surface area contributed by atoms with Crippen molar-refractivity contribution in [3.63, 3.8) is 0 Å². The van der Waals surface area contributed by atoms with E-state index in [2.05, 4.69) is 0 Å². The second kappa shape index (κ2) is 3.20. The van der Waals surface area contributed by atoms with Gasteiger partial charge in [-0.25, -0.2) is 0 Å². The van der Waals surface area contributed by atoms with Gasteiger partial charge in [-0.1, -0.05) is 0 Å². The summed E-state index contributed by atoms with van der Waals surface area (Å²) in [5.41, 5.74) is 0. The smallest absolute Gasteiger partial charge is 0.163 e. The summed E-state index contributed by atoms with van der Waals surface area (Å²) >= 11 is 2.02. The van der Waals surface area contributed by atoms with Crippen LogP contribution in [0, 0.1) is 5.92 Å². The minimum absolute atomic E-state index is 0.344. The fourth-order valence-electron chi connectivity index (χ4n) is 1.79. The number of hydrogen-bond donors (Lipinski definition) is 0. The summed E-state index contributed by atoms with van der Waals surface area (Å²) in [6, 6.07) is 0. The molecule has 0 radical (unpaired) electrons. The first-order chi connectivity index (χ1) is 5.67. The van der Waals surface area contributed by atoms with Gasteiger partial charge in [-0.2, -0.15) is 11.8 Å². The van der Waals surface area contributed by atoms with Crippen LogP contribution in [0.2, 0.25) is 0 Å². The molecule has 12 heavy (non-hydrogen) atoms. The van der Waals surface area contributed by atoms with E-state index in [1.807, 2.05) is 25.6 Å². The van der Waals surface area contributed by atoms with Crippen molar-refractivity contribution < 1.29 is 9.47 Å². The Morgan fingerprint density at radius 2 is 2.25 bits per heavy atom. The summed E-state index contributed by atoms with van der Waals surface area (Å²) in [4.78, 5) is 0. The summed E-state index contributed by atoms with van der Waals surface area (Å²) in [5, 5.41) is 0. The Morgan fingerprint density at radius 3 is 3.08 bits per heavy atom. The molecular weight excluding hydrogens is 172 g/mol. The van der Waals surface area contributed by atoms with Gasteiger partial charge in [0.1, 0.15) is 0 Å². The summed E-state index contributed by atoms with van der Waals surface area (Å²) in [6.45, 7) is 4.89. The van der Waals surface area contributed by atoms with Gasteiger partial charge in [-0.15, -0.1) is 0 Å². The Hall–Kier alpha value is 0.270. The minimum atomic E-state index is -0.344. The van der Waals surface area contributed by atoms with Crippen LogP contribution in [0.3, 0.4) is 0 Å². The quantitative estimate of drug-likeness (QED) is 0.578. The van der Waals surface area contributed by atoms with Crippen molar-refractivity contribution in [2.75, 3.05) is 18.1 Å². The largest absolute Gasteiger partial charge is 0.350 e. The lowest BCUT2D eigenvalue weighted by molar-refractivity contribution is -0.290. The summed E-state index contributed by atoms with van der Waals surface area (Å²) in [6.07, 6.45) is 1.65. The van der Waals surface area contributed by atoms with Crippen LogP contribution in [0.15, 0.2) is 0 Å². The van der Waals surface area contributed by atoms with Crippen LogP contribution in [0.1, 0.15) is 20.3 Å². The van der Waals surface area contributed by atoms with E-state index in [0.717, 1.165) is 6.61 Å². The highest BCUT2D eigenvalue weighted by molar-refractivity contribution is 7.99. The maximum absolute atomic E-state index is 5.84. The van der Waals surface area contributed by atoms with Gasteiger partial charge in [0.15, 0.2) is 5.79 Å². The highest BCUT2D eigenvalue weighted by Crippen LogP contribution is 2.34. The van der Waals surface area contributed by atoms with Crippen molar-refractivity contribution in [2.24, 2.45) is 5.92 Å². The molecule has 70 valence electrons. The summed E-state index contributed by atoms with van der Waals surface area (Å²) in [5.74, 6) is 2.75. The van der Waals surface area contributed by atoms with Gasteiger partial charge >= 0.3 is 0 Å². The van der Waals surface area contributed by atoms with Crippen LogP contribution in [0.5, 0.6) is 0 Å². The first-order valence-electron chi connectivity index (χ1n) is 4.57. The van der Waals surface area contributed by atoms with Gasteiger partial charge in [-0.05, 0) is 26.0 Å². The van der Waals surface area contributed by atoms with E-state index in [0.29, 0.717) is 12.0 Å². The highest BCUT2D eigenvalue weighted by Gasteiger charge is 2.37. The molecule has 2 fully saturated rings. The van der Waals surface area contributed by atoms with Crippen LogP contribution >= 0.6 is 11.8 Å². The lowest BCUT2D eigenvalue weighted by Gasteiger charge is -2.43. The molecule has 0 aromatic rings. The second-order valence-corrected chi connectivity index (χ2v) is 5.14. The SMILES string of the molecule is CC1(C)OC[C@@H]2CSCC[C@@H]2O1. The molecule has 0 aromatic heterocycles. The Morgan fingerprint density at radius 1 is 1.42 bits per heavy atom. The average molecular weight is 188 g/mol. The van der Waals surface area contributed by atoms with Crippen molar-refractivity contribution in [3.05, 3.63) is 0 Å². The monoisotopic (exact) mass is 188 g/mol. The van der Waals surface area contributed by atoms with E-state index in [1.165, 1.54) is 17.9 Å². The zero-order valence-corrected chi connectivity index (χ0v) is 8.52. The standard InChI is InChI=1S/C9H16O2S/c1-9(2)10-5-7-6-12-4-3-8(7)11-9/h7-8H,3-6H2,1-2H3/t7-,8+/m1/s1. The van der Waals surface area contributed by atoms with Crippen molar-refractivity contribution in [1.82, 2.24) is 0 Å².